The molecular formula is C12H20N4O. The second-order valence-electron chi connectivity index (χ2n) is 5.37. The fourth-order valence-corrected chi connectivity index (χ4v) is 3.16. The van der Waals surface area contributed by atoms with E-state index in [-0.39, 0.29) is 5.41 Å². The van der Waals surface area contributed by atoms with E-state index in [9.17, 15) is 0 Å². The average Bonchev–Trinajstić information content (AvgIpc) is 2.94. The topological polar surface area (TPSA) is 54.2 Å². The summed E-state index contributed by atoms with van der Waals surface area (Å²) in [6, 6.07) is 0. The van der Waals surface area contributed by atoms with E-state index in [2.05, 4.69) is 34.3 Å². The third-order valence-corrected chi connectivity index (χ3v) is 4.29. The van der Waals surface area contributed by atoms with Crippen LogP contribution in [0.5, 0.6) is 0 Å². The Morgan fingerprint density at radius 1 is 1.59 bits per heavy atom. The van der Waals surface area contributed by atoms with Gasteiger partial charge < -0.3 is 14.7 Å². The maximum absolute atomic E-state index is 5.52. The lowest BCUT2D eigenvalue weighted by atomic mass is 9.72. The molecule has 0 saturated carbocycles. The van der Waals surface area contributed by atoms with Gasteiger partial charge in [-0.1, -0.05) is 12.1 Å². The minimum absolute atomic E-state index is 0.0902. The summed E-state index contributed by atoms with van der Waals surface area (Å²) in [7, 11) is 2.19. The van der Waals surface area contributed by atoms with E-state index in [4.69, 9.17) is 4.52 Å². The van der Waals surface area contributed by atoms with Crippen LogP contribution in [0.2, 0.25) is 0 Å². The van der Waals surface area contributed by atoms with Gasteiger partial charge in [-0.15, -0.1) is 0 Å². The Bertz CT molecular complexity index is 405. The molecule has 3 rings (SSSR count). The summed E-state index contributed by atoms with van der Waals surface area (Å²) < 4.78 is 5.52. The van der Waals surface area contributed by atoms with Gasteiger partial charge >= 0.3 is 0 Å². The highest BCUT2D eigenvalue weighted by Crippen LogP contribution is 2.41. The van der Waals surface area contributed by atoms with Crippen LogP contribution < -0.4 is 5.32 Å². The summed E-state index contributed by atoms with van der Waals surface area (Å²) >= 11 is 0. The predicted molar refractivity (Wildman–Crippen MR) is 63.8 cm³/mol. The highest BCUT2D eigenvalue weighted by Gasteiger charge is 2.50. The molecule has 0 amide bonds. The maximum Gasteiger partial charge on any atom is 0.234 e. The van der Waals surface area contributed by atoms with Gasteiger partial charge in [0, 0.05) is 26.1 Å². The molecule has 0 radical (unpaired) electrons. The van der Waals surface area contributed by atoms with Gasteiger partial charge in [0.05, 0.1) is 5.41 Å². The van der Waals surface area contributed by atoms with Crippen molar-refractivity contribution >= 4 is 0 Å². The number of piperidine rings is 1. The number of rotatable bonds is 2. The summed E-state index contributed by atoms with van der Waals surface area (Å²) in [6.07, 6.45) is 1.96. The number of fused-ring (bicyclic) bond motifs is 1. The monoisotopic (exact) mass is 236 g/mol. The molecule has 0 spiro atoms. The zero-order valence-corrected chi connectivity index (χ0v) is 10.6. The molecule has 2 aliphatic rings. The average molecular weight is 236 g/mol. The van der Waals surface area contributed by atoms with Crippen LogP contribution in [0.3, 0.4) is 0 Å². The second kappa shape index (κ2) is 4.07. The summed E-state index contributed by atoms with van der Waals surface area (Å²) in [6.45, 7) is 6.34. The van der Waals surface area contributed by atoms with Crippen molar-refractivity contribution in [3.63, 3.8) is 0 Å². The summed E-state index contributed by atoms with van der Waals surface area (Å²) in [5.41, 5.74) is 0.0902. The zero-order chi connectivity index (χ0) is 11.9. The molecule has 1 aromatic rings. The maximum atomic E-state index is 5.52. The van der Waals surface area contributed by atoms with Crippen molar-refractivity contribution in [2.24, 2.45) is 5.92 Å². The van der Waals surface area contributed by atoms with Crippen LogP contribution in [-0.2, 0) is 11.8 Å². The Labute approximate surface area is 102 Å². The van der Waals surface area contributed by atoms with E-state index in [1.54, 1.807) is 0 Å². The lowest BCUT2D eigenvalue weighted by Gasteiger charge is -2.39. The molecule has 5 heteroatoms. The number of nitrogens with one attached hydrogen (secondary N) is 1. The van der Waals surface area contributed by atoms with Crippen LogP contribution in [0.4, 0.5) is 0 Å². The standard InChI is InChI=1S/C12H20N4O/c1-3-10-14-11(17-15-10)12-4-5-16(2)7-9(12)6-13-8-12/h9,13H,3-8H2,1-2H3/t9-,12+/m1/s1. The van der Waals surface area contributed by atoms with E-state index in [1.165, 1.54) is 0 Å². The van der Waals surface area contributed by atoms with Crippen molar-refractivity contribution in [3.05, 3.63) is 11.7 Å². The first-order chi connectivity index (χ1) is 8.24. The SMILES string of the molecule is CCc1noc([C@]23CCN(C)C[C@H]2CNC3)n1. The van der Waals surface area contributed by atoms with Gasteiger partial charge in [0.2, 0.25) is 5.89 Å². The second-order valence-corrected chi connectivity index (χ2v) is 5.37. The number of likely N-dealkylation sites (tertiary alicyclic amines) is 1. The van der Waals surface area contributed by atoms with Crippen molar-refractivity contribution < 1.29 is 4.52 Å². The fraction of sp³-hybridized carbons (Fsp3) is 0.833. The molecule has 0 bridgehead atoms. The van der Waals surface area contributed by atoms with E-state index < -0.39 is 0 Å². The number of aryl methyl sites for hydroxylation is 1. The Kier molecular flexibility index (Phi) is 2.67. The molecule has 94 valence electrons. The Morgan fingerprint density at radius 3 is 3.24 bits per heavy atom. The summed E-state index contributed by atoms with van der Waals surface area (Å²) in [5.74, 6) is 2.29. The normalized spacial score (nSPS) is 33.9. The molecule has 2 atom stereocenters. The third-order valence-electron chi connectivity index (χ3n) is 4.29. The minimum atomic E-state index is 0.0902. The van der Waals surface area contributed by atoms with Gasteiger partial charge in [-0.3, -0.25) is 0 Å². The molecule has 0 aliphatic carbocycles. The molecule has 5 nitrogen and oxygen atoms in total. The molecule has 17 heavy (non-hydrogen) atoms. The zero-order valence-electron chi connectivity index (χ0n) is 10.6. The van der Waals surface area contributed by atoms with E-state index >= 15 is 0 Å². The van der Waals surface area contributed by atoms with Crippen LogP contribution in [0, 0.1) is 5.92 Å². The van der Waals surface area contributed by atoms with Crippen LogP contribution in [-0.4, -0.2) is 48.3 Å². The van der Waals surface area contributed by atoms with Crippen LogP contribution in [0.25, 0.3) is 0 Å². The van der Waals surface area contributed by atoms with E-state index in [1.807, 2.05) is 0 Å². The highest BCUT2D eigenvalue weighted by atomic mass is 16.5. The first kappa shape index (κ1) is 11.2. The van der Waals surface area contributed by atoms with Crippen molar-refractivity contribution in [3.8, 4) is 0 Å². The van der Waals surface area contributed by atoms with Crippen LogP contribution in [0.1, 0.15) is 25.1 Å². The van der Waals surface area contributed by atoms with Crippen molar-refractivity contribution in [2.75, 3.05) is 33.2 Å². The molecule has 0 aromatic carbocycles. The molecule has 1 N–H and O–H groups in total. The molecule has 3 heterocycles. The Morgan fingerprint density at radius 2 is 2.47 bits per heavy atom. The number of hydrogen-bond donors (Lipinski definition) is 1. The number of nitrogens with zero attached hydrogens (tertiary/aromatic N) is 3. The molecule has 2 saturated heterocycles. The van der Waals surface area contributed by atoms with Gasteiger partial charge in [0.25, 0.3) is 0 Å². The van der Waals surface area contributed by atoms with Crippen molar-refractivity contribution in [2.45, 2.75) is 25.2 Å². The molecule has 1 aromatic heterocycles. The smallest absolute Gasteiger partial charge is 0.234 e. The Hall–Kier alpha value is -0.940. The largest absolute Gasteiger partial charge is 0.339 e. The first-order valence-corrected chi connectivity index (χ1v) is 6.47. The van der Waals surface area contributed by atoms with Crippen molar-refractivity contribution in [1.29, 1.82) is 0 Å². The summed E-state index contributed by atoms with van der Waals surface area (Å²) in [5, 5.41) is 7.55. The molecule has 0 unspecified atom stereocenters. The van der Waals surface area contributed by atoms with Gasteiger partial charge in [-0.2, -0.15) is 4.98 Å². The number of aromatic nitrogens is 2. The Balaban J connectivity index is 1.93. The van der Waals surface area contributed by atoms with Gasteiger partial charge in [0.1, 0.15) is 0 Å². The predicted octanol–water partition coefficient (Wildman–Crippen LogP) is 0.425. The quantitative estimate of drug-likeness (QED) is 0.807. The third kappa shape index (κ3) is 1.68. The van der Waals surface area contributed by atoms with Gasteiger partial charge in [-0.25, -0.2) is 0 Å². The highest BCUT2D eigenvalue weighted by molar-refractivity contribution is 5.16. The molecular weight excluding hydrogens is 216 g/mol. The molecule has 2 aliphatic heterocycles. The first-order valence-electron chi connectivity index (χ1n) is 6.47. The lowest BCUT2D eigenvalue weighted by molar-refractivity contribution is 0.118. The van der Waals surface area contributed by atoms with Crippen LogP contribution in [0.15, 0.2) is 4.52 Å². The lowest BCUT2D eigenvalue weighted by Crippen LogP contribution is -2.48. The number of hydrogen-bond acceptors (Lipinski definition) is 5. The van der Waals surface area contributed by atoms with Gasteiger partial charge in [0.15, 0.2) is 5.82 Å². The van der Waals surface area contributed by atoms with Gasteiger partial charge in [-0.05, 0) is 25.9 Å². The molecule has 2 fully saturated rings. The van der Waals surface area contributed by atoms with E-state index in [0.717, 1.165) is 50.7 Å². The minimum Gasteiger partial charge on any atom is -0.339 e. The fourth-order valence-electron chi connectivity index (χ4n) is 3.16. The van der Waals surface area contributed by atoms with E-state index in [0.29, 0.717) is 5.92 Å². The van der Waals surface area contributed by atoms with Crippen molar-refractivity contribution in [1.82, 2.24) is 20.4 Å². The van der Waals surface area contributed by atoms with Crippen LogP contribution >= 0.6 is 0 Å². The summed E-state index contributed by atoms with van der Waals surface area (Å²) in [4.78, 5) is 6.97.